The van der Waals surface area contributed by atoms with E-state index in [0.717, 1.165) is 17.6 Å². The largest absolute Gasteiger partial charge is 0.487 e. The molecule has 13 heteroatoms. The van der Waals surface area contributed by atoms with Gasteiger partial charge in [0.05, 0.1) is 25.2 Å². The molecule has 1 amide bonds. The highest BCUT2D eigenvalue weighted by Crippen LogP contribution is 2.35. The van der Waals surface area contributed by atoms with Gasteiger partial charge in [0.1, 0.15) is 23.6 Å². The average molecular weight is 554 g/mol. The summed E-state index contributed by atoms with van der Waals surface area (Å²) >= 11 is 13.2. The van der Waals surface area contributed by atoms with E-state index in [9.17, 15) is 23.1 Å². The Labute approximate surface area is 213 Å². The number of carbonyl (C=O) groups excluding carboxylic acids is 1. The number of benzene rings is 2. The summed E-state index contributed by atoms with van der Waals surface area (Å²) in [6, 6.07) is 8.91. The Balaban J connectivity index is 1.62. The van der Waals surface area contributed by atoms with Crippen LogP contribution in [0.4, 0.5) is 5.13 Å². The number of amides is 1. The summed E-state index contributed by atoms with van der Waals surface area (Å²) in [5.74, 6) is -1.52. The minimum absolute atomic E-state index is 0.0173. The summed E-state index contributed by atoms with van der Waals surface area (Å²) in [4.78, 5) is 31.7. The molecular weight excluding hydrogens is 537 g/mol. The smallest absolute Gasteiger partial charge is 0.335 e. The van der Waals surface area contributed by atoms with E-state index < -0.39 is 21.7 Å². The zero-order valence-electron chi connectivity index (χ0n) is 18.2. The van der Waals surface area contributed by atoms with Crippen molar-refractivity contribution in [1.82, 2.24) is 9.97 Å². The van der Waals surface area contributed by atoms with Gasteiger partial charge in [-0.15, -0.1) is 0 Å². The third-order valence-electron chi connectivity index (χ3n) is 4.95. The van der Waals surface area contributed by atoms with Crippen molar-refractivity contribution in [3.63, 3.8) is 0 Å². The number of nitrogens with one attached hydrogen (secondary N) is 2. The van der Waals surface area contributed by atoms with E-state index in [-0.39, 0.29) is 43.7 Å². The molecule has 182 valence electrons. The van der Waals surface area contributed by atoms with E-state index in [1.54, 1.807) is 19.1 Å². The number of aromatic carboxylic acids is 1. The number of thiazole rings is 1. The molecule has 0 aliphatic rings. The number of rotatable bonds is 7. The normalized spacial score (nSPS) is 11.5. The number of H-pyrrole nitrogens is 1. The summed E-state index contributed by atoms with van der Waals surface area (Å²) in [6.45, 7) is 1.71. The van der Waals surface area contributed by atoms with Gasteiger partial charge in [0.15, 0.2) is 15.0 Å². The fourth-order valence-corrected chi connectivity index (χ4v) is 5.13. The lowest BCUT2D eigenvalue weighted by Gasteiger charge is -2.09. The molecule has 4 aromatic rings. The van der Waals surface area contributed by atoms with Gasteiger partial charge < -0.3 is 14.8 Å². The molecule has 0 saturated carbocycles. The third kappa shape index (κ3) is 5.27. The first-order valence-electron chi connectivity index (χ1n) is 9.88. The zero-order chi connectivity index (χ0) is 25.5. The van der Waals surface area contributed by atoms with E-state index in [1.807, 2.05) is 0 Å². The minimum Gasteiger partial charge on any atom is -0.487 e. The van der Waals surface area contributed by atoms with Crippen LogP contribution in [-0.2, 0) is 16.4 Å². The summed E-state index contributed by atoms with van der Waals surface area (Å²) in [7, 11) is -3.33. The number of halogens is 2. The van der Waals surface area contributed by atoms with Gasteiger partial charge in [0, 0.05) is 11.9 Å². The van der Waals surface area contributed by atoms with Crippen LogP contribution in [0.15, 0.2) is 41.3 Å². The third-order valence-corrected chi connectivity index (χ3v) is 7.95. The zero-order valence-corrected chi connectivity index (χ0v) is 21.3. The highest BCUT2D eigenvalue weighted by molar-refractivity contribution is 7.90. The monoisotopic (exact) mass is 553 g/mol. The average Bonchev–Trinajstić information content (AvgIpc) is 3.32. The van der Waals surface area contributed by atoms with Crippen LogP contribution in [0.5, 0.6) is 5.75 Å². The molecular formula is C22H17Cl2N3O6S2. The number of hydrogen-bond acceptors (Lipinski definition) is 7. The number of anilines is 1. The maximum Gasteiger partial charge on any atom is 0.335 e. The number of aryl methyl sites for hydroxylation is 1. The molecule has 0 bridgehead atoms. The summed E-state index contributed by atoms with van der Waals surface area (Å²) in [6.07, 6.45) is 1.12. The molecule has 35 heavy (non-hydrogen) atoms. The minimum atomic E-state index is -3.33. The molecule has 2 aromatic carbocycles. The van der Waals surface area contributed by atoms with E-state index in [4.69, 9.17) is 27.9 Å². The van der Waals surface area contributed by atoms with Gasteiger partial charge in [0.2, 0.25) is 0 Å². The Hall–Kier alpha value is -3.12. The number of nitrogens with zero attached hydrogens (tertiary/aromatic N) is 1. The molecule has 0 radical (unpaired) electrons. The van der Waals surface area contributed by atoms with Crippen LogP contribution in [0.25, 0.3) is 10.2 Å². The van der Waals surface area contributed by atoms with Crippen molar-refractivity contribution >= 4 is 71.6 Å². The Kier molecular flexibility index (Phi) is 6.78. The van der Waals surface area contributed by atoms with Gasteiger partial charge in [-0.1, -0.05) is 46.7 Å². The van der Waals surface area contributed by atoms with E-state index in [1.165, 1.54) is 24.3 Å². The first-order chi connectivity index (χ1) is 16.4. The van der Waals surface area contributed by atoms with Gasteiger partial charge in [-0.25, -0.2) is 18.2 Å². The molecule has 0 fully saturated rings. The summed E-state index contributed by atoms with van der Waals surface area (Å²) in [5.41, 5.74) is 1.63. The van der Waals surface area contributed by atoms with Crippen molar-refractivity contribution in [3.05, 3.63) is 69.0 Å². The van der Waals surface area contributed by atoms with Crippen molar-refractivity contribution in [2.24, 2.45) is 0 Å². The van der Waals surface area contributed by atoms with Gasteiger partial charge in [-0.2, -0.15) is 0 Å². The van der Waals surface area contributed by atoms with Crippen LogP contribution in [-0.4, -0.2) is 41.6 Å². The van der Waals surface area contributed by atoms with Crippen LogP contribution in [0.1, 0.15) is 32.1 Å². The molecule has 0 atom stereocenters. The number of carboxylic acids is 1. The maximum atomic E-state index is 12.7. The molecule has 4 rings (SSSR count). The fourth-order valence-electron chi connectivity index (χ4n) is 3.17. The highest BCUT2D eigenvalue weighted by Gasteiger charge is 2.21. The fraction of sp³-hybridized carbons (Fsp3) is 0.136. The number of hydrogen-bond donors (Lipinski definition) is 3. The predicted octanol–water partition coefficient (Wildman–Crippen LogP) is 5.17. The second-order valence-corrected chi connectivity index (χ2v) is 11.4. The topological polar surface area (TPSA) is 138 Å². The highest BCUT2D eigenvalue weighted by atomic mass is 35.5. The molecule has 0 unspecified atom stereocenters. The van der Waals surface area contributed by atoms with Crippen LogP contribution in [0.3, 0.4) is 0 Å². The Morgan fingerprint density at radius 3 is 2.43 bits per heavy atom. The van der Waals surface area contributed by atoms with Crippen LogP contribution >= 0.6 is 34.5 Å². The number of carboxylic acid groups (broad SMARTS) is 1. The molecule has 2 heterocycles. The lowest BCUT2D eigenvalue weighted by atomic mass is 10.2. The van der Waals surface area contributed by atoms with Crippen molar-refractivity contribution in [3.8, 4) is 5.75 Å². The Morgan fingerprint density at radius 2 is 1.86 bits per heavy atom. The Bertz CT molecular complexity index is 1580. The maximum absolute atomic E-state index is 12.7. The summed E-state index contributed by atoms with van der Waals surface area (Å²) < 4.78 is 29.6. The Morgan fingerprint density at radius 1 is 1.17 bits per heavy atom. The second-order valence-electron chi connectivity index (χ2n) is 7.56. The van der Waals surface area contributed by atoms with Crippen LogP contribution in [0.2, 0.25) is 10.0 Å². The van der Waals surface area contributed by atoms with Crippen molar-refractivity contribution in [2.75, 3.05) is 11.6 Å². The predicted molar refractivity (Wildman–Crippen MR) is 134 cm³/mol. The van der Waals surface area contributed by atoms with Crippen molar-refractivity contribution in [1.29, 1.82) is 0 Å². The summed E-state index contributed by atoms with van der Waals surface area (Å²) in [5, 5.41) is 12.7. The van der Waals surface area contributed by atoms with Gasteiger partial charge >= 0.3 is 5.97 Å². The molecule has 0 spiro atoms. The first kappa shape index (κ1) is 25.0. The number of aromatic amines is 1. The van der Waals surface area contributed by atoms with Gasteiger partial charge in [-0.3, -0.25) is 10.1 Å². The molecule has 2 aromatic heterocycles. The van der Waals surface area contributed by atoms with E-state index in [0.29, 0.717) is 21.5 Å². The molecule has 0 aliphatic heterocycles. The number of carbonyl (C=O) groups is 2. The molecule has 3 N–H and O–H groups in total. The van der Waals surface area contributed by atoms with E-state index >= 15 is 0 Å². The number of fused-ring (bicyclic) bond motifs is 1. The molecule has 0 saturated heterocycles. The van der Waals surface area contributed by atoms with Crippen molar-refractivity contribution in [2.45, 2.75) is 18.4 Å². The lowest BCUT2D eigenvalue weighted by Crippen LogP contribution is -2.12. The van der Waals surface area contributed by atoms with Crippen LogP contribution < -0.4 is 10.1 Å². The van der Waals surface area contributed by atoms with Gasteiger partial charge in [0.25, 0.3) is 5.91 Å². The molecule has 0 aliphatic carbocycles. The SMILES string of the molecule is Cc1[nH]c(C(=O)Nc2nc3c(OCc4ccc(S(C)(=O)=O)cc4)cc(C(=O)O)cc3s2)c(Cl)c1Cl. The van der Waals surface area contributed by atoms with Crippen LogP contribution in [0, 0.1) is 6.92 Å². The van der Waals surface area contributed by atoms with E-state index in [2.05, 4.69) is 15.3 Å². The second kappa shape index (κ2) is 9.50. The quantitative estimate of drug-likeness (QED) is 0.286. The lowest BCUT2D eigenvalue weighted by molar-refractivity contribution is 0.0696. The van der Waals surface area contributed by atoms with Gasteiger partial charge in [-0.05, 0) is 36.8 Å². The number of aromatic nitrogens is 2. The van der Waals surface area contributed by atoms with Crippen molar-refractivity contribution < 1.29 is 27.9 Å². The molecule has 9 nitrogen and oxygen atoms in total. The first-order valence-corrected chi connectivity index (χ1v) is 13.3. The number of sulfone groups is 1. The standard InChI is InChI=1S/C22H17Cl2N3O6S2/c1-10-16(23)17(24)19(25-10)20(28)27-22-26-18-14(7-12(21(29)30)8-15(18)34-22)33-9-11-3-5-13(6-4-11)35(2,31)32/h3-8,25H,9H2,1-2H3,(H,29,30)(H,26,27,28). The number of ether oxygens (including phenoxy) is 1.